The molecule has 4 heteroatoms. The first-order chi connectivity index (χ1) is 8.36. The van der Waals surface area contributed by atoms with Crippen LogP contribution in [0.15, 0.2) is 12.1 Å². The molecule has 100 valence electrons. The molecule has 0 aromatic heterocycles. The van der Waals surface area contributed by atoms with Gasteiger partial charge in [-0.25, -0.2) is 0 Å². The minimum atomic E-state index is -0.593. The molecule has 1 atom stereocenters. The highest BCUT2D eigenvalue weighted by atomic mass is 35.5. The fourth-order valence-corrected chi connectivity index (χ4v) is 2.17. The average molecular weight is 270 g/mol. The highest BCUT2D eigenvalue weighted by Gasteiger charge is 2.17. The van der Waals surface area contributed by atoms with Gasteiger partial charge < -0.3 is 10.5 Å². The minimum Gasteiger partial charge on any atom is -0.480 e. The molecular weight excluding hydrogens is 250 g/mol. The van der Waals surface area contributed by atoms with Crippen molar-refractivity contribution in [2.24, 2.45) is 5.73 Å². The van der Waals surface area contributed by atoms with Crippen molar-refractivity contribution in [2.45, 2.75) is 46.1 Å². The zero-order valence-corrected chi connectivity index (χ0v) is 12.0. The topological polar surface area (TPSA) is 52.3 Å². The normalized spacial score (nSPS) is 12.6. The molecular formula is C14H20ClNO2. The lowest BCUT2D eigenvalue weighted by Gasteiger charge is -2.18. The van der Waals surface area contributed by atoms with Crippen molar-refractivity contribution in [3.63, 3.8) is 0 Å². The second-order valence-corrected chi connectivity index (χ2v) is 5.12. The van der Waals surface area contributed by atoms with Gasteiger partial charge in [-0.1, -0.05) is 32.4 Å². The van der Waals surface area contributed by atoms with Crippen molar-refractivity contribution in [1.29, 1.82) is 0 Å². The number of hydrogen-bond acceptors (Lipinski definition) is 2. The van der Waals surface area contributed by atoms with E-state index >= 15 is 0 Å². The number of amides is 1. The Morgan fingerprint density at radius 2 is 2.06 bits per heavy atom. The number of benzene rings is 1. The molecule has 0 fully saturated rings. The van der Waals surface area contributed by atoms with E-state index in [0.29, 0.717) is 18.1 Å². The van der Waals surface area contributed by atoms with Crippen LogP contribution in [0.3, 0.4) is 0 Å². The Bertz CT molecular complexity index is 444. The molecule has 1 unspecified atom stereocenters. The van der Waals surface area contributed by atoms with E-state index in [1.54, 1.807) is 0 Å². The van der Waals surface area contributed by atoms with Gasteiger partial charge >= 0.3 is 0 Å². The first kappa shape index (κ1) is 14.8. The monoisotopic (exact) mass is 269 g/mol. The van der Waals surface area contributed by atoms with E-state index in [1.807, 2.05) is 26.0 Å². The Labute approximate surface area is 113 Å². The number of rotatable bonds is 5. The van der Waals surface area contributed by atoms with Crippen molar-refractivity contribution >= 4 is 17.5 Å². The Hall–Kier alpha value is -1.22. The fourth-order valence-electron chi connectivity index (χ4n) is 1.73. The molecule has 0 aliphatic rings. The molecule has 1 aromatic carbocycles. The molecule has 0 spiro atoms. The Morgan fingerprint density at radius 1 is 1.44 bits per heavy atom. The van der Waals surface area contributed by atoms with Crippen LogP contribution in [0.2, 0.25) is 5.02 Å². The number of ether oxygens (including phenoxy) is 1. The van der Waals surface area contributed by atoms with Crippen LogP contribution in [0.25, 0.3) is 0 Å². The maximum Gasteiger partial charge on any atom is 0.258 e. The Morgan fingerprint density at radius 3 is 2.50 bits per heavy atom. The summed E-state index contributed by atoms with van der Waals surface area (Å²) >= 11 is 6.18. The first-order valence-corrected chi connectivity index (χ1v) is 6.50. The third-order valence-corrected chi connectivity index (χ3v) is 3.20. The number of carbonyl (C=O) groups excluding carboxylic acids is 1. The lowest BCUT2D eigenvalue weighted by Crippen LogP contribution is -2.33. The molecule has 1 amide bonds. The van der Waals surface area contributed by atoms with E-state index in [0.717, 1.165) is 16.1 Å². The third kappa shape index (κ3) is 3.39. The number of aryl methyl sites for hydroxylation is 1. The molecule has 0 aliphatic heterocycles. The number of hydrogen-bond donors (Lipinski definition) is 1. The average Bonchev–Trinajstić information content (AvgIpc) is 2.26. The SMILES string of the molecule is CCC(Oc1cc(C(C)C)c(Cl)cc1C)C(N)=O. The predicted molar refractivity (Wildman–Crippen MR) is 74.2 cm³/mol. The van der Waals surface area contributed by atoms with Crippen LogP contribution in [0.5, 0.6) is 5.75 Å². The number of halogens is 1. The van der Waals surface area contributed by atoms with Gasteiger partial charge in [-0.15, -0.1) is 0 Å². The van der Waals surface area contributed by atoms with Gasteiger partial charge in [0.05, 0.1) is 0 Å². The standard InChI is InChI=1S/C14H20ClNO2/c1-5-12(14(16)17)18-13-7-10(8(2)3)11(15)6-9(13)4/h6-8,12H,5H2,1-4H3,(H2,16,17). The van der Waals surface area contributed by atoms with Gasteiger partial charge in [-0.2, -0.15) is 0 Å². The summed E-state index contributed by atoms with van der Waals surface area (Å²) < 4.78 is 5.67. The second-order valence-electron chi connectivity index (χ2n) is 4.71. The predicted octanol–water partition coefficient (Wildman–Crippen LogP) is 3.41. The van der Waals surface area contributed by atoms with E-state index in [4.69, 9.17) is 22.1 Å². The Balaban J connectivity index is 3.09. The summed E-state index contributed by atoms with van der Waals surface area (Å²) in [4.78, 5) is 11.2. The zero-order valence-electron chi connectivity index (χ0n) is 11.3. The molecule has 1 aromatic rings. The van der Waals surface area contributed by atoms with Crippen LogP contribution in [-0.2, 0) is 4.79 Å². The van der Waals surface area contributed by atoms with Crippen LogP contribution in [-0.4, -0.2) is 12.0 Å². The van der Waals surface area contributed by atoms with Crippen LogP contribution in [0.1, 0.15) is 44.2 Å². The molecule has 0 bridgehead atoms. The second kappa shape index (κ2) is 6.10. The molecule has 0 aliphatic carbocycles. The molecule has 0 saturated heterocycles. The van der Waals surface area contributed by atoms with Gasteiger partial charge in [0.15, 0.2) is 6.10 Å². The maximum absolute atomic E-state index is 11.2. The fraction of sp³-hybridized carbons (Fsp3) is 0.500. The van der Waals surface area contributed by atoms with Gasteiger partial charge in [0.2, 0.25) is 0 Å². The third-order valence-electron chi connectivity index (χ3n) is 2.87. The van der Waals surface area contributed by atoms with E-state index in [2.05, 4.69) is 13.8 Å². The summed E-state index contributed by atoms with van der Waals surface area (Å²) in [5, 5.41) is 0.724. The molecule has 0 saturated carbocycles. The van der Waals surface area contributed by atoms with Crippen LogP contribution in [0.4, 0.5) is 0 Å². The van der Waals surface area contributed by atoms with Crippen molar-refractivity contribution in [1.82, 2.24) is 0 Å². The lowest BCUT2D eigenvalue weighted by atomic mass is 10.0. The van der Waals surface area contributed by atoms with Crippen LogP contribution >= 0.6 is 11.6 Å². The largest absolute Gasteiger partial charge is 0.480 e. The molecule has 0 heterocycles. The number of nitrogens with two attached hydrogens (primary N) is 1. The van der Waals surface area contributed by atoms with Crippen molar-refractivity contribution in [3.05, 3.63) is 28.3 Å². The van der Waals surface area contributed by atoms with Crippen molar-refractivity contribution in [3.8, 4) is 5.75 Å². The summed E-state index contributed by atoms with van der Waals surface area (Å²) in [5.41, 5.74) is 7.20. The van der Waals surface area contributed by atoms with Gasteiger partial charge in [0.25, 0.3) is 5.91 Å². The van der Waals surface area contributed by atoms with Gasteiger partial charge in [-0.3, -0.25) is 4.79 Å². The molecule has 1 rings (SSSR count). The van der Waals surface area contributed by atoms with Crippen LogP contribution < -0.4 is 10.5 Å². The van der Waals surface area contributed by atoms with Crippen molar-refractivity contribution in [2.75, 3.05) is 0 Å². The summed E-state index contributed by atoms with van der Waals surface area (Å²) in [6.07, 6.45) is -0.0427. The lowest BCUT2D eigenvalue weighted by molar-refractivity contribution is -0.124. The van der Waals surface area contributed by atoms with E-state index in [9.17, 15) is 4.79 Å². The number of primary amides is 1. The highest BCUT2D eigenvalue weighted by molar-refractivity contribution is 6.31. The van der Waals surface area contributed by atoms with Crippen molar-refractivity contribution < 1.29 is 9.53 Å². The highest BCUT2D eigenvalue weighted by Crippen LogP contribution is 2.32. The van der Waals surface area contributed by atoms with E-state index < -0.39 is 12.0 Å². The first-order valence-electron chi connectivity index (χ1n) is 6.12. The van der Waals surface area contributed by atoms with E-state index in [-0.39, 0.29) is 0 Å². The summed E-state index contributed by atoms with van der Waals surface area (Å²) in [7, 11) is 0. The number of carbonyl (C=O) groups is 1. The van der Waals surface area contributed by atoms with Gasteiger partial charge in [0.1, 0.15) is 5.75 Å². The van der Waals surface area contributed by atoms with Crippen LogP contribution in [0, 0.1) is 6.92 Å². The molecule has 3 nitrogen and oxygen atoms in total. The van der Waals surface area contributed by atoms with Gasteiger partial charge in [0, 0.05) is 5.02 Å². The quantitative estimate of drug-likeness (QED) is 0.890. The maximum atomic E-state index is 11.2. The molecule has 2 N–H and O–H groups in total. The minimum absolute atomic E-state index is 0.300. The van der Waals surface area contributed by atoms with Gasteiger partial charge in [-0.05, 0) is 42.5 Å². The summed E-state index contributed by atoms with van der Waals surface area (Å²) in [6, 6.07) is 3.76. The summed E-state index contributed by atoms with van der Waals surface area (Å²) in [5.74, 6) is 0.529. The molecule has 18 heavy (non-hydrogen) atoms. The molecule has 0 radical (unpaired) electrons. The zero-order chi connectivity index (χ0) is 13.9. The smallest absolute Gasteiger partial charge is 0.258 e. The Kier molecular flexibility index (Phi) is 5.03. The summed E-state index contributed by atoms with van der Waals surface area (Å²) in [6.45, 7) is 7.89. The van der Waals surface area contributed by atoms with E-state index in [1.165, 1.54) is 0 Å².